The van der Waals surface area contributed by atoms with Gasteiger partial charge in [-0.3, -0.25) is 4.74 Å². The summed E-state index contributed by atoms with van der Waals surface area (Å²) in [5, 5.41) is 11.0. The molecule has 148 valence electrons. The van der Waals surface area contributed by atoms with Crippen LogP contribution in [0.25, 0.3) is 0 Å². The van der Waals surface area contributed by atoms with Crippen LogP contribution in [0.4, 0.5) is 0 Å². The van der Waals surface area contributed by atoms with E-state index in [1.54, 1.807) is 0 Å². The number of rotatable bonds is 3. The molecule has 5 rings (SSSR count). The van der Waals surface area contributed by atoms with Gasteiger partial charge in [0.2, 0.25) is 0 Å². The molecule has 0 saturated carbocycles. The summed E-state index contributed by atoms with van der Waals surface area (Å²) in [6, 6.07) is 18.9. The lowest BCUT2D eigenvalue weighted by atomic mass is 9.98. The molecule has 3 saturated heterocycles. The molecule has 0 aliphatic carbocycles. The second-order valence-electron chi connectivity index (χ2n) is 7.04. The summed E-state index contributed by atoms with van der Waals surface area (Å²) in [6.45, 7) is 0.277. The van der Waals surface area contributed by atoms with Crippen LogP contribution in [0.5, 0.6) is 0 Å². The number of aliphatic hydroxyl groups is 1. The van der Waals surface area contributed by atoms with Gasteiger partial charge < -0.3 is 28.8 Å². The third-order valence-electron chi connectivity index (χ3n) is 5.34. The second kappa shape index (κ2) is 7.20. The van der Waals surface area contributed by atoms with E-state index in [1.807, 2.05) is 60.7 Å². The van der Waals surface area contributed by atoms with Gasteiger partial charge in [0.1, 0.15) is 24.4 Å². The van der Waals surface area contributed by atoms with E-state index in [2.05, 4.69) is 0 Å². The summed E-state index contributed by atoms with van der Waals surface area (Å²) in [5.41, 5.74) is 1.57. The van der Waals surface area contributed by atoms with E-state index in [0.29, 0.717) is 5.56 Å². The highest BCUT2D eigenvalue weighted by Gasteiger charge is 2.60. The first-order chi connectivity index (χ1) is 13.7. The maximum atomic E-state index is 11.0. The zero-order valence-electron chi connectivity index (χ0n) is 15.3. The lowest BCUT2D eigenvalue weighted by Crippen LogP contribution is -2.60. The Bertz CT molecular complexity index is 801. The highest BCUT2D eigenvalue weighted by atomic mass is 16.9. The van der Waals surface area contributed by atoms with Gasteiger partial charge >= 0.3 is 5.97 Å². The van der Waals surface area contributed by atoms with Crippen LogP contribution >= 0.6 is 0 Å². The molecule has 0 amide bonds. The van der Waals surface area contributed by atoms with Crippen molar-refractivity contribution in [2.45, 2.75) is 43.0 Å². The monoisotopic (exact) mass is 386 g/mol. The molecule has 7 heteroatoms. The van der Waals surface area contributed by atoms with Crippen LogP contribution in [0, 0.1) is 0 Å². The molecular weight excluding hydrogens is 364 g/mol. The van der Waals surface area contributed by atoms with E-state index in [4.69, 9.17) is 28.4 Å². The molecule has 0 spiro atoms. The van der Waals surface area contributed by atoms with E-state index in [9.17, 15) is 5.11 Å². The number of methoxy groups -OCH3 is 1. The van der Waals surface area contributed by atoms with Gasteiger partial charge in [0.25, 0.3) is 0 Å². The Morgan fingerprint density at radius 1 is 0.929 bits per heavy atom. The van der Waals surface area contributed by atoms with Gasteiger partial charge in [-0.25, -0.2) is 0 Å². The SMILES string of the molecule is COC1(c2ccccc2)O[C@H]2O[C@@H]3COC(c4ccccc4)O[C@H]3[C@H](O)[C@H]2O1. The molecule has 3 heterocycles. The van der Waals surface area contributed by atoms with Crippen LogP contribution in [0.1, 0.15) is 17.4 Å². The Balaban J connectivity index is 1.38. The zero-order valence-corrected chi connectivity index (χ0v) is 15.3. The van der Waals surface area contributed by atoms with E-state index >= 15 is 0 Å². The number of aliphatic hydroxyl groups excluding tert-OH is 1. The molecule has 28 heavy (non-hydrogen) atoms. The molecule has 7 atom stereocenters. The molecule has 2 unspecified atom stereocenters. The fourth-order valence-corrected chi connectivity index (χ4v) is 3.92. The van der Waals surface area contributed by atoms with E-state index in [0.717, 1.165) is 5.56 Å². The Morgan fingerprint density at radius 2 is 1.64 bits per heavy atom. The maximum Gasteiger partial charge on any atom is 0.314 e. The van der Waals surface area contributed by atoms with Gasteiger partial charge in [-0.2, -0.15) is 0 Å². The molecule has 1 N–H and O–H groups in total. The average Bonchev–Trinajstić information content (AvgIpc) is 3.15. The fourth-order valence-electron chi connectivity index (χ4n) is 3.92. The maximum absolute atomic E-state index is 11.0. The normalized spacial score (nSPS) is 39.9. The van der Waals surface area contributed by atoms with Gasteiger partial charge in [-0.1, -0.05) is 60.7 Å². The number of hydrogen-bond donors (Lipinski definition) is 1. The van der Waals surface area contributed by atoms with Crippen molar-refractivity contribution < 1.29 is 33.5 Å². The molecule has 0 aromatic heterocycles. The van der Waals surface area contributed by atoms with Gasteiger partial charge in [-0.15, -0.1) is 0 Å². The predicted octanol–water partition coefficient (Wildman–Crippen LogP) is 2.06. The van der Waals surface area contributed by atoms with Crippen LogP contribution in [-0.4, -0.2) is 49.5 Å². The van der Waals surface area contributed by atoms with Crippen molar-refractivity contribution in [3.05, 3.63) is 71.8 Å². The number of benzene rings is 2. The Morgan fingerprint density at radius 3 is 2.36 bits per heavy atom. The quantitative estimate of drug-likeness (QED) is 0.865. The molecule has 7 nitrogen and oxygen atoms in total. The minimum atomic E-state index is -1.44. The highest BCUT2D eigenvalue weighted by molar-refractivity contribution is 5.20. The van der Waals surface area contributed by atoms with Crippen LogP contribution in [-0.2, 0) is 34.4 Å². The van der Waals surface area contributed by atoms with Gasteiger partial charge in [0.05, 0.1) is 6.61 Å². The first-order valence-electron chi connectivity index (χ1n) is 9.32. The smallest absolute Gasteiger partial charge is 0.314 e. The Kier molecular flexibility index (Phi) is 4.68. The predicted molar refractivity (Wildman–Crippen MR) is 95.8 cm³/mol. The van der Waals surface area contributed by atoms with Gasteiger partial charge in [0, 0.05) is 18.2 Å². The molecule has 0 radical (unpaired) electrons. The first-order valence-corrected chi connectivity index (χ1v) is 9.32. The minimum Gasteiger partial charge on any atom is -0.387 e. The molecule has 3 fully saturated rings. The molecular formula is C21H22O7. The van der Waals surface area contributed by atoms with Crippen molar-refractivity contribution >= 4 is 0 Å². The topological polar surface area (TPSA) is 75.6 Å². The number of ether oxygens (including phenoxy) is 6. The van der Waals surface area contributed by atoms with Crippen LogP contribution in [0.15, 0.2) is 60.7 Å². The Labute approximate surface area is 162 Å². The number of hydrogen-bond acceptors (Lipinski definition) is 7. The lowest BCUT2D eigenvalue weighted by molar-refractivity contribution is -0.362. The first kappa shape index (κ1) is 18.2. The van der Waals surface area contributed by atoms with Crippen molar-refractivity contribution in [2.75, 3.05) is 13.7 Å². The van der Waals surface area contributed by atoms with E-state index in [1.165, 1.54) is 7.11 Å². The third-order valence-corrected chi connectivity index (χ3v) is 5.34. The van der Waals surface area contributed by atoms with Crippen LogP contribution < -0.4 is 0 Å². The van der Waals surface area contributed by atoms with Crippen LogP contribution in [0.3, 0.4) is 0 Å². The summed E-state index contributed by atoms with van der Waals surface area (Å²) in [7, 11) is 1.49. The molecule has 2 aromatic carbocycles. The molecule has 0 bridgehead atoms. The third kappa shape index (κ3) is 2.96. The largest absolute Gasteiger partial charge is 0.387 e. The second-order valence-corrected chi connectivity index (χ2v) is 7.04. The van der Waals surface area contributed by atoms with E-state index in [-0.39, 0.29) is 6.61 Å². The summed E-state index contributed by atoms with van der Waals surface area (Å²) in [4.78, 5) is 0. The molecule has 3 aliphatic rings. The highest BCUT2D eigenvalue weighted by Crippen LogP contribution is 2.45. The van der Waals surface area contributed by atoms with Crippen LogP contribution in [0.2, 0.25) is 0 Å². The van der Waals surface area contributed by atoms with Crippen molar-refractivity contribution in [1.82, 2.24) is 0 Å². The van der Waals surface area contributed by atoms with Crippen molar-refractivity contribution in [1.29, 1.82) is 0 Å². The molecule has 2 aromatic rings. The Hall–Kier alpha value is -1.84. The zero-order chi connectivity index (χ0) is 19.1. The summed E-state index contributed by atoms with van der Waals surface area (Å²) >= 11 is 0. The van der Waals surface area contributed by atoms with Crippen molar-refractivity contribution in [3.8, 4) is 0 Å². The summed E-state index contributed by atoms with van der Waals surface area (Å²) < 4.78 is 35.4. The van der Waals surface area contributed by atoms with Gasteiger partial charge in [-0.05, 0) is 0 Å². The fraction of sp³-hybridized carbons (Fsp3) is 0.429. The van der Waals surface area contributed by atoms with Crippen molar-refractivity contribution in [3.63, 3.8) is 0 Å². The lowest BCUT2D eigenvalue weighted by Gasteiger charge is -2.44. The summed E-state index contributed by atoms with van der Waals surface area (Å²) in [6.07, 6.45) is -4.15. The number of fused-ring (bicyclic) bond motifs is 2. The van der Waals surface area contributed by atoms with Gasteiger partial charge in [0.15, 0.2) is 12.6 Å². The summed E-state index contributed by atoms with van der Waals surface area (Å²) in [5.74, 6) is -1.44. The van der Waals surface area contributed by atoms with Crippen molar-refractivity contribution in [2.24, 2.45) is 0 Å². The molecule has 3 aliphatic heterocycles. The van der Waals surface area contributed by atoms with E-state index < -0.39 is 43.0 Å². The standard InChI is InChI=1S/C21H22O7/c1-23-21(14-10-6-3-7-11-14)27-18-16(22)17-15(25-20(18)28-21)12-24-19(26-17)13-8-4-2-5-9-13/h2-11,15-20,22H,12H2,1H3/t15-,16+,17-,18-,19?,20-,21?/m1/s1. The minimum absolute atomic E-state index is 0.277. The average molecular weight is 386 g/mol.